The number of aromatic nitrogens is 2. The lowest BCUT2D eigenvalue weighted by molar-refractivity contribution is -0.144. The Morgan fingerprint density at radius 1 is 1.03 bits per heavy atom. The minimum absolute atomic E-state index is 0.00882. The molecule has 0 amide bonds. The highest BCUT2D eigenvalue weighted by atomic mass is 35.5. The van der Waals surface area contributed by atoms with Crippen molar-refractivity contribution in [2.45, 2.75) is 13.0 Å². The van der Waals surface area contributed by atoms with E-state index in [1.807, 2.05) is 0 Å². The molecule has 0 bridgehead atoms. The van der Waals surface area contributed by atoms with Crippen LogP contribution in [0, 0.1) is 0 Å². The first kappa shape index (κ1) is 20.5. The van der Waals surface area contributed by atoms with Crippen LogP contribution in [-0.2, 0) is 22.6 Å². The van der Waals surface area contributed by atoms with Gasteiger partial charge >= 0.3 is 5.97 Å². The van der Waals surface area contributed by atoms with Gasteiger partial charge < -0.3 is 23.5 Å². The highest BCUT2D eigenvalue weighted by Crippen LogP contribution is 2.38. The average Bonchev–Trinajstić information content (AvgIpc) is 3.21. The van der Waals surface area contributed by atoms with E-state index < -0.39 is 5.97 Å². The number of halogens is 1. The van der Waals surface area contributed by atoms with Crippen molar-refractivity contribution in [3.05, 3.63) is 52.9 Å². The molecule has 2 aromatic carbocycles. The number of nitrogens with zero attached hydrogens (tertiary/aromatic N) is 2. The van der Waals surface area contributed by atoms with Crippen LogP contribution in [0.2, 0.25) is 5.02 Å². The van der Waals surface area contributed by atoms with E-state index in [-0.39, 0.29) is 18.9 Å². The van der Waals surface area contributed by atoms with Crippen LogP contribution < -0.4 is 14.2 Å². The Kier molecular flexibility index (Phi) is 6.56. The molecule has 0 aliphatic heterocycles. The Labute approximate surface area is 172 Å². The highest BCUT2D eigenvalue weighted by molar-refractivity contribution is 6.30. The zero-order valence-electron chi connectivity index (χ0n) is 16.1. The minimum Gasteiger partial charge on any atom is -0.493 e. The number of carbonyl (C=O) groups excluding carboxylic acids is 1. The van der Waals surface area contributed by atoms with Crippen LogP contribution in [0.4, 0.5) is 0 Å². The molecule has 0 atom stereocenters. The Hall–Kier alpha value is -3.26. The molecule has 1 aromatic heterocycles. The maximum atomic E-state index is 12.2. The summed E-state index contributed by atoms with van der Waals surface area (Å²) < 4.78 is 26.2. The fourth-order valence-corrected chi connectivity index (χ4v) is 2.75. The number of methoxy groups -OCH3 is 3. The second kappa shape index (κ2) is 9.29. The fourth-order valence-electron chi connectivity index (χ4n) is 2.63. The second-order valence-corrected chi connectivity index (χ2v) is 6.33. The van der Waals surface area contributed by atoms with Gasteiger partial charge in [-0.05, 0) is 42.0 Å². The van der Waals surface area contributed by atoms with Crippen molar-refractivity contribution in [2.24, 2.45) is 0 Å². The van der Waals surface area contributed by atoms with Gasteiger partial charge in [-0.1, -0.05) is 16.8 Å². The molecule has 0 radical (unpaired) electrons. The van der Waals surface area contributed by atoms with E-state index in [0.29, 0.717) is 33.7 Å². The van der Waals surface area contributed by atoms with Crippen LogP contribution >= 0.6 is 11.6 Å². The SMILES string of the molecule is COc1cc(CC(=O)OCc2nc(-c3ccc(Cl)cc3)no2)cc(OC)c1OC. The average molecular weight is 419 g/mol. The fraction of sp³-hybridized carbons (Fsp3) is 0.250. The molecule has 9 heteroatoms. The zero-order valence-corrected chi connectivity index (χ0v) is 16.9. The Balaban J connectivity index is 1.62. The summed E-state index contributed by atoms with van der Waals surface area (Å²) >= 11 is 5.87. The number of benzene rings is 2. The molecule has 0 spiro atoms. The van der Waals surface area contributed by atoms with Gasteiger partial charge in [0.2, 0.25) is 11.6 Å². The van der Waals surface area contributed by atoms with E-state index in [9.17, 15) is 4.79 Å². The van der Waals surface area contributed by atoms with Crippen molar-refractivity contribution in [3.8, 4) is 28.6 Å². The summed E-state index contributed by atoms with van der Waals surface area (Å²) in [6, 6.07) is 10.4. The molecular weight excluding hydrogens is 400 g/mol. The van der Waals surface area contributed by atoms with Gasteiger partial charge in [0, 0.05) is 10.6 Å². The third kappa shape index (κ3) is 4.97. The monoisotopic (exact) mass is 418 g/mol. The second-order valence-electron chi connectivity index (χ2n) is 5.89. The predicted molar refractivity (Wildman–Crippen MR) is 104 cm³/mol. The Bertz CT molecular complexity index is 962. The lowest BCUT2D eigenvalue weighted by Gasteiger charge is -2.13. The van der Waals surface area contributed by atoms with Crippen LogP contribution in [0.5, 0.6) is 17.2 Å². The Morgan fingerprint density at radius 2 is 1.69 bits per heavy atom. The smallest absolute Gasteiger partial charge is 0.310 e. The first-order valence-corrected chi connectivity index (χ1v) is 8.95. The topological polar surface area (TPSA) is 92.9 Å². The molecule has 0 N–H and O–H groups in total. The van der Waals surface area contributed by atoms with Gasteiger partial charge in [0.15, 0.2) is 18.1 Å². The van der Waals surface area contributed by atoms with E-state index >= 15 is 0 Å². The molecule has 1 heterocycles. The number of hydrogen-bond acceptors (Lipinski definition) is 8. The molecule has 3 aromatic rings. The molecule has 8 nitrogen and oxygen atoms in total. The summed E-state index contributed by atoms with van der Waals surface area (Å²) in [5, 5.41) is 4.48. The summed E-state index contributed by atoms with van der Waals surface area (Å²) in [6.45, 7) is -0.135. The van der Waals surface area contributed by atoms with Crippen molar-refractivity contribution in [1.82, 2.24) is 10.1 Å². The van der Waals surface area contributed by atoms with Crippen molar-refractivity contribution < 1.29 is 28.3 Å². The van der Waals surface area contributed by atoms with Gasteiger partial charge in [-0.3, -0.25) is 4.79 Å². The predicted octanol–water partition coefficient (Wildman–Crippen LogP) is 3.70. The maximum absolute atomic E-state index is 12.2. The van der Waals surface area contributed by atoms with E-state index in [1.54, 1.807) is 36.4 Å². The highest BCUT2D eigenvalue weighted by Gasteiger charge is 2.16. The minimum atomic E-state index is -0.467. The van der Waals surface area contributed by atoms with Crippen molar-refractivity contribution in [2.75, 3.05) is 21.3 Å². The normalized spacial score (nSPS) is 10.5. The maximum Gasteiger partial charge on any atom is 0.310 e. The number of rotatable bonds is 8. The van der Waals surface area contributed by atoms with Crippen LogP contribution in [0.3, 0.4) is 0 Å². The first-order chi connectivity index (χ1) is 14.0. The van der Waals surface area contributed by atoms with Crippen LogP contribution in [0.15, 0.2) is 40.9 Å². The van der Waals surface area contributed by atoms with E-state index in [1.165, 1.54) is 21.3 Å². The van der Waals surface area contributed by atoms with Gasteiger partial charge in [-0.2, -0.15) is 4.98 Å². The van der Waals surface area contributed by atoms with E-state index in [0.717, 1.165) is 5.56 Å². The van der Waals surface area contributed by atoms with E-state index in [2.05, 4.69) is 10.1 Å². The third-order valence-corrected chi connectivity index (χ3v) is 4.25. The molecule has 0 aliphatic carbocycles. The molecule has 0 saturated heterocycles. The standard InChI is InChI=1S/C20H19ClN2O6/c1-25-15-8-12(9-16(26-2)19(15)27-3)10-18(24)28-11-17-22-20(23-29-17)13-4-6-14(21)7-5-13/h4-9H,10-11H2,1-3H3. The van der Waals surface area contributed by atoms with Gasteiger partial charge in [-0.15, -0.1) is 0 Å². The number of esters is 1. The number of carbonyl (C=O) groups is 1. The molecule has 0 unspecified atom stereocenters. The van der Waals surface area contributed by atoms with Gasteiger partial charge in [-0.25, -0.2) is 0 Å². The van der Waals surface area contributed by atoms with E-state index in [4.69, 9.17) is 35.1 Å². The van der Waals surface area contributed by atoms with Gasteiger partial charge in [0.05, 0.1) is 27.8 Å². The molecule has 0 aliphatic rings. The molecule has 152 valence electrons. The van der Waals surface area contributed by atoms with Crippen LogP contribution in [-0.4, -0.2) is 37.4 Å². The largest absolute Gasteiger partial charge is 0.493 e. The Morgan fingerprint density at radius 3 is 2.28 bits per heavy atom. The first-order valence-electron chi connectivity index (χ1n) is 8.57. The van der Waals surface area contributed by atoms with Crippen molar-refractivity contribution in [3.63, 3.8) is 0 Å². The lowest BCUT2D eigenvalue weighted by Crippen LogP contribution is -2.09. The molecular formula is C20H19ClN2O6. The summed E-state index contributed by atoms with van der Waals surface area (Å²) in [6.07, 6.45) is 0.00882. The molecule has 0 fully saturated rings. The lowest BCUT2D eigenvalue weighted by atomic mass is 10.1. The third-order valence-electron chi connectivity index (χ3n) is 4.00. The quantitative estimate of drug-likeness (QED) is 0.511. The van der Waals surface area contributed by atoms with Crippen molar-refractivity contribution >= 4 is 17.6 Å². The van der Waals surface area contributed by atoms with Gasteiger partial charge in [0.1, 0.15) is 0 Å². The summed E-state index contributed by atoms with van der Waals surface area (Å²) in [7, 11) is 4.53. The van der Waals surface area contributed by atoms with Gasteiger partial charge in [0.25, 0.3) is 5.89 Å². The number of ether oxygens (including phenoxy) is 4. The summed E-state index contributed by atoms with van der Waals surface area (Å²) in [5.74, 6) is 1.47. The molecule has 3 rings (SSSR count). The van der Waals surface area contributed by atoms with Crippen LogP contribution in [0.25, 0.3) is 11.4 Å². The zero-order chi connectivity index (χ0) is 20.8. The number of hydrogen-bond donors (Lipinski definition) is 0. The summed E-state index contributed by atoms with van der Waals surface area (Å²) in [4.78, 5) is 16.4. The molecule has 0 saturated carbocycles. The van der Waals surface area contributed by atoms with Crippen molar-refractivity contribution in [1.29, 1.82) is 0 Å². The van der Waals surface area contributed by atoms with Crippen LogP contribution in [0.1, 0.15) is 11.5 Å². The molecule has 29 heavy (non-hydrogen) atoms. The summed E-state index contributed by atoms with van der Waals surface area (Å²) in [5.41, 5.74) is 1.39.